The van der Waals surface area contributed by atoms with Gasteiger partial charge < -0.3 is 16.2 Å². The Labute approximate surface area is 137 Å². The number of amides is 1. The number of anilines is 1. The summed E-state index contributed by atoms with van der Waals surface area (Å²) in [4.78, 5) is 23.2. The molecule has 1 aromatic carbocycles. The summed E-state index contributed by atoms with van der Waals surface area (Å²) in [5.41, 5.74) is 5.97. The Morgan fingerprint density at radius 3 is 2.65 bits per heavy atom. The lowest BCUT2D eigenvalue weighted by molar-refractivity contribution is -0.117. The maximum absolute atomic E-state index is 12.0. The van der Waals surface area contributed by atoms with Crippen LogP contribution in [0.1, 0.15) is 16.8 Å². The summed E-state index contributed by atoms with van der Waals surface area (Å²) in [6, 6.07) is 2.42. The van der Waals surface area contributed by atoms with Gasteiger partial charge in [0.05, 0.1) is 17.3 Å². The van der Waals surface area contributed by atoms with Crippen molar-refractivity contribution in [2.24, 2.45) is 5.73 Å². The quantitative estimate of drug-likeness (QED) is 0.651. The number of nitrogens with two attached hydrogens (primary N) is 1. The third-order valence-corrected chi connectivity index (χ3v) is 4.23. The van der Waals surface area contributed by atoms with Crippen LogP contribution in [0.25, 0.3) is 0 Å². The van der Waals surface area contributed by atoms with Crippen LogP contribution in [-0.4, -0.2) is 35.0 Å². The highest BCUT2D eigenvalue weighted by molar-refractivity contribution is 9.11. The fourth-order valence-electron chi connectivity index (χ4n) is 1.46. The van der Waals surface area contributed by atoms with E-state index < -0.39 is 17.9 Å². The molecule has 0 aliphatic heterocycles. The number of rotatable bonds is 6. The molecule has 4 N–H and O–H groups in total. The molecule has 20 heavy (non-hydrogen) atoms. The maximum atomic E-state index is 12.0. The molecule has 0 heterocycles. The first kappa shape index (κ1) is 17.5. The molecule has 0 bridgehead atoms. The molecule has 8 heteroatoms. The van der Waals surface area contributed by atoms with Crippen molar-refractivity contribution < 1.29 is 14.7 Å². The highest BCUT2D eigenvalue weighted by atomic mass is 79.9. The van der Waals surface area contributed by atoms with Crippen LogP contribution < -0.4 is 11.1 Å². The third kappa shape index (κ3) is 4.76. The number of hydrogen-bond acceptors (Lipinski definition) is 4. The van der Waals surface area contributed by atoms with E-state index in [-0.39, 0.29) is 11.3 Å². The SMILES string of the molecule is CSCC[C@@H](N)C(=O)Nc1c(Br)cc(Br)cc1C(=O)O. The van der Waals surface area contributed by atoms with E-state index in [2.05, 4.69) is 37.2 Å². The average Bonchev–Trinajstić information content (AvgIpc) is 2.38. The van der Waals surface area contributed by atoms with Crippen LogP contribution in [-0.2, 0) is 4.79 Å². The van der Waals surface area contributed by atoms with Gasteiger partial charge in [-0.2, -0.15) is 11.8 Å². The molecule has 1 amide bonds. The Morgan fingerprint density at radius 2 is 2.10 bits per heavy atom. The number of thioether (sulfide) groups is 1. The van der Waals surface area contributed by atoms with Gasteiger partial charge in [0.25, 0.3) is 0 Å². The van der Waals surface area contributed by atoms with Gasteiger partial charge in [0.2, 0.25) is 5.91 Å². The average molecular weight is 426 g/mol. The van der Waals surface area contributed by atoms with Crippen LogP contribution in [0.4, 0.5) is 5.69 Å². The van der Waals surface area contributed by atoms with Gasteiger partial charge in [-0.3, -0.25) is 4.79 Å². The maximum Gasteiger partial charge on any atom is 0.337 e. The molecule has 1 rings (SSSR count). The van der Waals surface area contributed by atoms with Gasteiger partial charge in [-0.1, -0.05) is 15.9 Å². The van der Waals surface area contributed by atoms with Crippen molar-refractivity contribution in [3.63, 3.8) is 0 Å². The van der Waals surface area contributed by atoms with E-state index in [1.165, 1.54) is 6.07 Å². The minimum absolute atomic E-state index is 0.00309. The highest BCUT2D eigenvalue weighted by Gasteiger charge is 2.20. The second-order valence-corrected chi connectivity index (χ2v) is 6.75. The molecule has 1 aromatic rings. The minimum Gasteiger partial charge on any atom is -0.478 e. The Morgan fingerprint density at radius 1 is 1.45 bits per heavy atom. The molecule has 0 saturated carbocycles. The molecular formula is C12H14Br2N2O3S. The van der Waals surface area contributed by atoms with Crippen LogP contribution in [0, 0.1) is 0 Å². The zero-order valence-corrected chi connectivity index (χ0v) is 14.6. The van der Waals surface area contributed by atoms with Crippen LogP contribution in [0.15, 0.2) is 21.1 Å². The summed E-state index contributed by atoms with van der Waals surface area (Å²) in [6.45, 7) is 0. The summed E-state index contributed by atoms with van der Waals surface area (Å²) >= 11 is 8.05. The standard InChI is InChI=1S/C12H14Br2N2O3S/c1-20-3-2-9(15)11(17)16-10-7(12(18)19)4-6(13)5-8(10)14/h4-5,9H,2-3,15H2,1H3,(H,16,17)(H,18,19)/t9-/m1/s1. The number of hydrogen-bond donors (Lipinski definition) is 3. The van der Waals surface area contributed by atoms with Crippen LogP contribution >= 0.6 is 43.6 Å². The van der Waals surface area contributed by atoms with Crippen molar-refractivity contribution in [2.45, 2.75) is 12.5 Å². The zero-order valence-electron chi connectivity index (χ0n) is 10.7. The normalized spacial score (nSPS) is 12.0. The molecule has 0 fully saturated rings. The monoisotopic (exact) mass is 424 g/mol. The van der Waals surface area contributed by atoms with Crippen LogP contribution in [0.3, 0.4) is 0 Å². The van der Waals surface area contributed by atoms with Gasteiger partial charge >= 0.3 is 5.97 Å². The molecule has 0 radical (unpaired) electrons. The van der Waals surface area contributed by atoms with Crippen molar-refractivity contribution in [2.75, 3.05) is 17.3 Å². The molecule has 0 aliphatic carbocycles. The smallest absolute Gasteiger partial charge is 0.337 e. The number of halogens is 2. The topological polar surface area (TPSA) is 92.4 Å². The molecule has 110 valence electrons. The number of carbonyl (C=O) groups is 2. The Hall–Kier alpha value is -0.570. The molecule has 0 aliphatic rings. The molecule has 0 aromatic heterocycles. The lowest BCUT2D eigenvalue weighted by Crippen LogP contribution is -2.36. The number of benzene rings is 1. The number of nitrogens with one attached hydrogen (secondary N) is 1. The molecule has 1 atom stereocenters. The lowest BCUT2D eigenvalue weighted by atomic mass is 10.1. The third-order valence-electron chi connectivity index (χ3n) is 2.50. The minimum atomic E-state index is -1.13. The van der Waals surface area contributed by atoms with E-state index >= 15 is 0 Å². The molecule has 0 unspecified atom stereocenters. The highest BCUT2D eigenvalue weighted by Crippen LogP contribution is 2.31. The van der Waals surface area contributed by atoms with Crippen molar-refractivity contribution in [1.29, 1.82) is 0 Å². The van der Waals surface area contributed by atoms with E-state index in [0.717, 1.165) is 5.75 Å². The van der Waals surface area contributed by atoms with E-state index in [0.29, 0.717) is 15.4 Å². The van der Waals surface area contributed by atoms with Gasteiger partial charge in [0.1, 0.15) is 0 Å². The summed E-state index contributed by atoms with van der Waals surface area (Å²) in [5, 5.41) is 11.8. The van der Waals surface area contributed by atoms with Crippen molar-refractivity contribution in [3.8, 4) is 0 Å². The van der Waals surface area contributed by atoms with E-state index in [4.69, 9.17) is 5.73 Å². The van der Waals surface area contributed by atoms with Crippen LogP contribution in [0.2, 0.25) is 0 Å². The summed E-state index contributed by atoms with van der Waals surface area (Å²) in [6.07, 6.45) is 2.46. The lowest BCUT2D eigenvalue weighted by Gasteiger charge is -2.15. The second kappa shape index (κ2) is 8.02. The number of carboxylic acids is 1. The Bertz CT molecular complexity index is 526. The molecule has 0 spiro atoms. The fourth-order valence-corrected chi connectivity index (χ4v) is 3.28. The van der Waals surface area contributed by atoms with E-state index in [1.54, 1.807) is 17.8 Å². The summed E-state index contributed by atoms with van der Waals surface area (Å²) in [7, 11) is 0. The fraction of sp³-hybridized carbons (Fsp3) is 0.333. The van der Waals surface area contributed by atoms with Gasteiger partial charge in [-0.15, -0.1) is 0 Å². The number of carbonyl (C=O) groups excluding carboxylic acids is 1. The molecule has 5 nitrogen and oxygen atoms in total. The van der Waals surface area contributed by atoms with E-state index in [9.17, 15) is 14.7 Å². The van der Waals surface area contributed by atoms with E-state index in [1.807, 2.05) is 6.26 Å². The van der Waals surface area contributed by atoms with Gasteiger partial charge in [-0.05, 0) is 46.5 Å². The van der Waals surface area contributed by atoms with Crippen molar-refractivity contribution in [3.05, 3.63) is 26.6 Å². The summed E-state index contributed by atoms with van der Waals surface area (Å²) < 4.78 is 1.08. The molecule has 0 saturated heterocycles. The molecular weight excluding hydrogens is 412 g/mol. The second-order valence-electron chi connectivity index (χ2n) is 3.99. The van der Waals surface area contributed by atoms with Gasteiger partial charge in [0, 0.05) is 8.95 Å². The number of carboxylic acid groups (broad SMARTS) is 1. The predicted octanol–water partition coefficient (Wildman–Crippen LogP) is 2.93. The zero-order chi connectivity index (χ0) is 15.3. The first-order valence-corrected chi connectivity index (χ1v) is 8.62. The van der Waals surface area contributed by atoms with Crippen molar-refractivity contribution in [1.82, 2.24) is 0 Å². The first-order chi connectivity index (χ1) is 9.36. The van der Waals surface area contributed by atoms with Crippen LogP contribution in [0.5, 0.6) is 0 Å². The predicted molar refractivity (Wildman–Crippen MR) is 88.4 cm³/mol. The Balaban J connectivity index is 2.97. The first-order valence-electron chi connectivity index (χ1n) is 5.64. The van der Waals surface area contributed by atoms with Crippen molar-refractivity contribution >= 4 is 61.2 Å². The Kier molecular flexibility index (Phi) is 7.01. The summed E-state index contributed by atoms with van der Waals surface area (Å²) in [5.74, 6) is -0.758. The number of aromatic carboxylic acids is 1. The largest absolute Gasteiger partial charge is 0.478 e. The van der Waals surface area contributed by atoms with Gasteiger partial charge in [-0.25, -0.2) is 4.79 Å². The van der Waals surface area contributed by atoms with Gasteiger partial charge in [0.15, 0.2) is 0 Å².